The second-order valence-corrected chi connectivity index (χ2v) is 13.3. The predicted octanol–water partition coefficient (Wildman–Crippen LogP) is 6.95. The van der Waals surface area contributed by atoms with Gasteiger partial charge in [0.05, 0.1) is 18.0 Å². The number of alkyl halides is 4. The first kappa shape index (κ1) is 36.1. The van der Waals surface area contributed by atoms with Gasteiger partial charge < -0.3 is 15.2 Å². The maximum absolute atomic E-state index is 15.9. The molecule has 0 radical (unpaired) electrons. The summed E-state index contributed by atoms with van der Waals surface area (Å²) in [6.45, 7) is 3.45. The summed E-state index contributed by atoms with van der Waals surface area (Å²) in [6, 6.07) is 10.1. The number of hydrogen-bond donors (Lipinski definition) is 2. The number of benzene rings is 3. The summed E-state index contributed by atoms with van der Waals surface area (Å²) < 4.78 is 79.1. The summed E-state index contributed by atoms with van der Waals surface area (Å²) in [5.74, 6) is -2.75. The third-order valence-electron chi connectivity index (χ3n) is 9.23. The highest BCUT2D eigenvalue weighted by Gasteiger charge is 2.37. The van der Waals surface area contributed by atoms with E-state index in [1.165, 1.54) is 25.1 Å². The van der Waals surface area contributed by atoms with E-state index in [4.69, 9.17) is 16.3 Å². The zero-order valence-electron chi connectivity index (χ0n) is 27.5. The predicted molar refractivity (Wildman–Crippen MR) is 179 cm³/mol. The van der Waals surface area contributed by atoms with Crippen LogP contribution in [0, 0.1) is 19.7 Å². The standard InChI is InChI=1S/C37H33ClF5N3O5/c1-19-4-3-5-30-33(19)23-10-20(2)34(40)26(12-23)29(14-32(48)49)44-36(50)35(25-11-21(18-51-30)6-7-28(25)38)46-15-22(8-9-45-16-24(39)17-45)27(13-31(46)47)37(41,42)43/h3-7,10-13,15,24,29,35H,8-9,14,16-18H2,1-2H3,(H,44,50)(H,48,49)/t29-,35+/m0/s1. The Bertz CT molecular complexity index is 2080. The van der Waals surface area contributed by atoms with Crippen molar-refractivity contribution in [1.82, 2.24) is 14.8 Å². The number of carboxylic acid groups (broad SMARTS) is 1. The highest BCUT2D eigenvalue weighted by Crippen LogP contribution is 2.39. The SMILES string of the molecule is Cc1cc2cc(c1F)[C@H](CC(=O)O)NC(=O)[C@H](n1cc(CCN3CC(F)C3)c(C(F)(F)F)cc1=O)c1cc(ccc1Cl)COc1cccc(C)c1-2. The normalized spacial score (nSPS) is 18.2. The summed E-state index contributed by atoms with van der Waals surface area (Å²) in [6.07, 6.45) is -6.08. The van der Waals surface area contributed by atoms with Gasteiger partial charge in [-0.2, -0.15) is 13.2 Å². The number of carbonyl (C=O) groups excluding carboxylic acids is 1. The molecule has 2 atom stereocenters. The van der Waals surface area contributed by atoms with Crippen LogP contribution in [0.25, 0.3) is 11.1 Å². The van der Waals surface area contributed by atoms with Gasteiger partial charge in [-0.05, 0) is 78.4 Å². The Hall–Kier alpha value is -4.75. The van der Waals surface area contributed by atoms with Crippen LogP contribution in [0.5, 0.6) is 5.75 Å². The largest absolute Gasteiger partial charge is 0.488 e. The number of carboxylic acids is 1. The van der Waals surface area contributed by atoms with Gasteiger partial charge in [-0.3, -0.25) is 23.9 Å². The number of aromatic nitrogens is 1. The molecule has 6 rings (SSSR count). The molecule has 1 aromatic heterocycles. The second-order valence-electron chi connectivity index (χ2n) is 12.9. The van der Waals surface area contributed by atoms with Gasteiger partial charge in [0.25, 0.3) is 5.56 Å². The molecule has 0 aliphatic carbocycles. The first-order chi connectivity index (χ1) is 24.1. The molecule has 14 heteroatoms. The van der Waals surface area contributed by atoms with E-state index in [9.17, 15) is 37.1 Å². The van der Waals surface area contributed by atoms with E-state index < -0.39 is 59.7 Å². The van der Waals surface area contributed by atoms with Crippen LogP contribution in [0.15, 0.2) is 65.6 Å². The minimum atomic E-state index is -4.92. The number of fused-ring (bicyclic) bond motifs is 6. The molecule has 3 heterocycles. The lowest BCUT2D eigenvalue weighted by Crippen LogP contribution is -2.49. The molecule has 0 spiro atoms. The Labute approximate surface area is 294 Å². The molecule has 51 heavy (non-hydrogen) atoms. The van der Waals surface area contributed by atoms with Gasteiger partial charge in [-0.25, -0.2) is 8.78 Å². The van der Waals surface area contributed by atoms with Gasteiger partial charge in [-0.1, -0.05) is 29.8 Å². The quantitative estimate of drug-likeness (QED) is 0.209. The van der Waals surface area contributed by atoms with Crippen LogP contribution in [-0.4, -0.2) is 52.3 Å². The van der Waals surface area contributed by atoms with E-state index in [1.807, 2.05) is 13.0 Å². The smallest absolute Gasteiger partial charge is 0.416 e. The van der Waals surface area contributed by atoms with Crippen molar-refractivity contribution in [3.8, 4) is 16.9 Å². The molecule has 1 amide bonds. The van der Waals surface area contributed by atoms with Crippen LogP contribution < -0.4 is 15.6 Å². The molecule has 0 saturated carbocycles. The lowest BCUT2D eigenvalue weighted by atomic mass is 9.91. The van der Waals surface area contributed by atoms with E-state index in [2.05, 4.69) is 5.32 Å². The monoisotopic (exact) mass is 729 g/mol. The first-order valence-electron chi connectivity index (χ1n) is 16.1. The Morgan fingerprint density at radius 3 is 2.47 bits per heavy atom. The molecule has 1 saturated heterocycles. The van der Waals surface area contributed by atoms with Gasteiger partial charge in [0, 0.05) is 53.6 Å². The van der Waals surface area contributed by atoms with Crippen molar-refractivity contribution < 1.29 is 41.4 Å². The molecular weight excluding hydrogens is 697 g/mol. The van der Waals surface area contributed by atoms with Gasteiger partial charge in [0.2, 0.25) is 5.91 Å². The number of carbonyl (C=O) groups is 2. The summed E-state index contributed by atoms with van der Waals surface area (Å²) in [5.41, 5.74) is -0.328. The zero-order valence-corrected chi connectivity index (χ0v) is 28.2. The van der Waals surface area contributed by atoms with Crippen molar-refractivity contribution in [2.45, 2.75) is 57.7 Å². The molecule has 4 bridgehead atoms. The minimum Gasteiger partial charge on any atom is -0.488 e. The number of nitrogens with zero attached hydrogens (tertiary/aromatic N) is 2. The number of hydrogen-bond acceptors (Lipinski definition) is 5. The number of pyridine rings is 1. The van der Waals surface area contributed by atoms with E-state index in [-0.39, 0.29) is 59.9 Å². The van der Waals surface area contributed by atoms with Gasteiger partial charge in [0.1, 0.15) is 30.4 Å². The molecule has 3 aromatic carbocycles. The lowest BCUT2D eigenvalue weighted by molar-refractivity contribution is -0.139. The number of halogens is 6. The van der Waals surface area contributed by atoms with Gasteiger partial charge in [0.15, 0.2) is 0 Å². The molecule has 2 aliphatic rings. The number of likely N-dealkylation sites (tertiary alicyclic amines) is 1. The van der Waals surface area contributed by atoms with Crippen molar-refractivity contribution >= 4 is 23.5 Å². The van der Waals surface area contributed by atoms with Crippen molar-refractivity contribution in [2.24, 2.45) is 0 Å². The molecule has 1 fully saturated rings. The fourth-order valence-electron chi connectivity index (χ4n) is 6.69. The highest BCUT2D eigenvalue weighted by atomic mass is 35.5. The summed E-state index contributed by atoms with van der Waals surface area (Å²) >= 11 is 6.64. The summed E-state index contributed by atoms with van der Waals surface area (Å²) in [7, 11) is 0. The number of ether oxygens (including phenoxy) is 1. The molecule has 2 N–H and O–H groups in total. The molecule has 268 valence electrons. The number of aliphatic carboxylic acids is 1. The number of aryl methyl sites for hydroxylation is 2. The average Bonchev–Trinajstić information content (AvgIpc) is 3.03. The fourth-order valence-corrected chi connectivity index (χ4v) is 6.91. The minimum absolute atomic E-state index is 0.00657. The zero-order chi connectivity index (χ0) is 36.8. The maximum atomic E-state index is 15.9. The third kappa shape index (κ3) is 7.50. The molecule has 4 aromatic rings. The number of amides is 1. The average molecular weight is 730 g/mol. The second kappa shape index (κ2) is 14.1. The molecule has 2 aliphatic heterocycles. The highest BCUT2D eigenvalue weighted by molar-refractivity contribution is 6.31. The first-order valence-corrected chi connectivity index (χ1v) is 16.5. The van der Waals surface area contributed by atoms with Crippen LogP contribution in [-0.2, 0) is 28.8 Å². The van der Waals surface area contributed by atoms with Crippen LogP contribution in [0.4, 0.5) is 22.0 Å². The lowest BCUT2D eigenvalue weighted by Gasteiger charge is -2.34. The summed E-state index contributed by atoms with van der Waals surface area (Å²) in [5, 5.41) is 12.4. The molecular formula is C37H33ClF5N3O5. The van der Waals surface area contributed by atoms with Crippen LogP contribution >= 0.6 is 11.6 Å². The Kier molecular flexibility index (Phi) is 9.97. The Morgan fingerprint density at radius 1 is 1.04 bits per heavy atom. The van der Waals surface area contributed by atoms with Crippen molar-refractivity contribution in [2.75, 3.05) is 19.6 Å². The Morgan fingerprint density at radius 2 is 1.78 bits per heavy atom. The van der Waals surface area contributed by atoms with E-state index in [0.29, 0.717) is 28.5 Å². The van der Waals surface area contributed by atoms with Crippen LogP contribution in [0.1, 0.15) is 57.4 Å². The third-order valence-corrected chi connectivity index (χ3v) is 9.58. The van der Waals surface area contributed by atoms with Crippen molar-refractivity contribution in [3.05, 3.63) is 121 Å². The molecule has 0 unspecified atom stereocenters. The van der Waals surface area contributed by atoms with Gasteiger partial charge >= 0.3 is 12.1 Å². The van der Waals surface area contributed by atoms with Crippen LogP contribution in [0.3, 0.4) is 0 Å². The van der Waals surface area contributed by atoms with E-state index >= 15 is 4.39 Å². The Balaban J connectivity index is 1.56. The summed E-state index contributed by atoms with van der Waals surface area (Å²) in [4.78, 5) is 41.8. The van der Waals surface area contributed by atoms with E-state index in [0.717, 1.165) is 16.3 Å². The molecule has 8 nitrogen and oxygen atoms in total. The van der Waals surface area contributed by atoms with Crippen LogP contribution in [0.2, 0.25) is 5.02 Å². The fraction of sp³-hybridized carbons (Fsp3) is 0.324. The van der Waals surface area contributed by atoms with Gasteiger partial charge in [-0.15, -0.1) is 0 Å². The number of nitrogens with one attached hydrogen (secondary N) is 1. The topological polar surface area (TPSA) is 101 Å². The number of rotatable bonds is 6. The van der Waals surface area contributed by atoms with Crippen molar-refractivity contribution in [3.63, 3.8) is 0 Å². The van der Waals surface area contributed by atoms with Crippen molar-refractivity contribution in [1.29, 1.82) is 0 Å². The maximum Gasteiger partial charge on any atom is 0.416 e. The van der Waals surface area contributed by atoms with E-state index in [1.54, 1.807) is 29.2 Å².